The normalized spacial score (nSPS) is 12.3. The quantitative estimate of drug-likeness (QED) is 0.152. The molecule has 0 amide bonds. The van der Waals surface area contributed by atoms with E-state index >= 15 is 0 Å². The summed E-state index contributed by atoms with van der Waals surface area (Å²) < 4.78 is 3.87. The lowest BCUT2D eigenvalue weighted by Crippen LogP contribution is -2.17. The first-order chi connectivity index (χ1) is 28.8. The van der Waals surface area contributed by atoms with E-state index in [-0.39, 0.29) is 0 Å². The topological polar surface area (TPSA) is 6.48 Å². The zero-order valence-electron chi connectivity index (χ0n) is 31.8. The van der Waals surface area contributed by atoms with E-state index < -0.39 is 0 Å². The molecule has 0 N–H and O–H groups in total. The first kappa shape index (κ1) is 34.5. The average molecular weight is 779 g/mol. The third kappa shape index (κ3) is 6.01. The summed E-state index contributed by atoms with van der Waals surface area (Å²) >= 11 is 3.82. The van der Waals surface area contributed by atoms with Gasteiger partial charge in [0, 0.05) is 37.1 Å². The van der Waals surface area contributed by atoms with Gasteiger partial charge in [0.2, 0.25) is 0 Å². The van der Waals surface area contributed by atoms with Crippen LogP contribution in [0.5, 0.6) is 0 Å². The minimum atomic E-state index is 1.08. The van der Waals surface area contributed by atoms with Gasteiger partial charge in [-0.05, 0) is 95.3 Å². The molecular weight excluding hydrogens is 741 g/mol. The summed E-state index contributed by atoms with van der Waals surface area (Å²) in [5.74, 6) is 0. The van der Waals surface area contributed by atoms with E-state index in [2.05, 4.69) is 216 Å². The Labute approximate surface area is 346 Å². The molecule has 0 unspecified atom stereocenters. The zero-order valence-corrected chi connectivity index (χ0v) is 33.4. The molecule has 8 aromatic carbocycles. The number of para-hydroxylation sites is 2. The molecule has 1 aliphatic rings. The second-order valence-electron chi connectivity index (χ2n) is 14.8. The van der Waals surface area contributed by atoms with Crippen LogP contribution in [0.15, 0.2) is 200 Å². The fraction of sp³-hybridized carbons (Fsp3) is 0.0370. The minimum Gasteiger partial charge on any atom is -0.307 e. The van der Waals surface area contributed by atoms with Gasteiger partial charge in [-0.25, -0.2) is 0 Å². The van der Waals surface area contributed by atoms with Crippen molar-refractivity contribution in [3.63, 3.8) is 0 Å². The lowest BCUT2D eigenvalue weighted by Gasteiger charge is -2.33. The molecule has 10 aromatic rings. The van der Waals surface area contributed by atoms with Crippen molar-refractivity contribution < 1.29 is 0 Å². The Bertz CT molecular complexity index is 3100. The molecular formula is C54H38N2S2. The van der Waals surface area contributed by atoms with Crippen LogP contribution in [0, 0.1) is 0 Å². The highest BCUT2D eigenvalue weighted by atomic mass is 32.1. The summed E-state index contributed by atoms with van der Waals surface area (Å²) in [7, 11) is 0. The number of nitrogens with zero attached hydrogens (tertiary/aromatic N) is 2. The highest BCUT2D eigenvalue weighted by Crippen LogP contribution is 2.52. The van der Waals surface area contributed by atoms with Gasteiger partial charge in [-0.15, -0.1) is 22.7 Å². The van der Waals surface area contributed by atoms with Crippen molar-refractivity contribution in [2.45, 2.75) is 12.8 Å². The van der Waals surface area contributed by atoms with Gasteiger partial charge in [-0.3, -0.25) is 0 Å². The SMILES string of the molecule is C1=Cc2c(sc3c(N(c4ccc(-c5ccccc5)cc4)c4ccccc4N(c4ccc(-c5ccccc5)cc4)c4cccc5c4sc4ccccc45)cccc23)CC1. The molecule has 1 aliphatic carbocycles. The third-order valence-corrected chi connectivity index (χ3v) is 13.8. The molecule has 0 spiro atoms. The first-order valence-electron chi connectivity index (χ1n) is 19.9. The molecule has 2 heterocycles. The smallest absolute Gasteiger partial charge is 0.0703 e. The number of fused-ring (bicyclic) bond motifs is 6. The molecule has 2 nitrogen and oxygen atoms in total. The zero-order chi connectivity index (χ0) is 38.4. The summed E-state index contributed by atoms with van der Waals surface area (Å²) in [5.41, 5.74) is 13.0. The maximum atomic E-state index is 2.49. The molecule has 58 heavy (non-hydrogen) atoms. The molecule has 11 rings (SSSR count). The summed E-state index contributed by atoms with van der Waals surface area (Å²) in [5, 5.41) is 3.89. The largest absolute Gasteiger partial charge is 0.307 e. The van der Waals surface area contributed by atoms with Gasteiger partial charge in [0.15, 0.2) is 0 Å². The van der Waals surface area contributed by atoms with Gasteiger partial charge in [0.05, 0.1) is 32.1 Å². The van der Waals surface area contributed by atoms with E-state index in [9.17, 15) is 0 Å². The molecule has 276 valence electrons. The summed E-state index contributed by atoms with van der Waals surface area (Å²) in [4.78, 5) is 6.44. The Morgan fingerprint density at radius 1 is 0.362 bits per heavy atom. The fourth-order valence-electron chi connectivity index (χ4n) is 8.57. The van der Waals surface area contributed by atoms with Gasteiger partial charge in [0.25, 0.3) is 0 Å². The van der Waals surface area contributed by atoms with Gasteiger partial charge in [-0.1, -0.05) is 152 Å². The van der Waals surface area contributed by atoms with E-state index in [4.69, 9.17) is 0 Å². The number of hydrogen-bond acceptors (Lipinski definition) is 4. The molecule has 4 heteroatoms. The Hall–Kier alpha value is -6.72. The highest BCUT2D eigenvalue weighted by Gasteiger charge is 2.26. The number of anilines is 6. The molecule has 2 aromatic heterocycles. The Balaban J connectivity index is 1.16. The maximum Gasteiger partial charge on any atom is 0.0703 e. The van der Waals surface area contributed by atoms with Gasteiger partial charge < -0.3 is 9.80 Å². The number of thiophene rings is 2. The second kappa shape index (κ2) is 14.7. The third-order valence-electron chi connectivity index (χ3n) is 11.3. The number of allylic oxidation sites excluding steroid dienone is 1. The van der Waals surface area contributed by atoms with Crippen molar-refractivity contribution in [3.8, 4) is 22.3 Å². The molecule has 0 saturated heterocycles. The van der Waals surface area contributed by atoms with Crippen molar-refractivity contribution in [1.29, 1.82) is 0 Å². The molecule has 0 aliphatic heterocycles. The van der Waals surface area contributed by atoms with Crippen molar-refractivity contribution in [2.75, 3.05) is 9.80 Å². The van der Waals surface area contributed by atoms with Crippen LogP contribution in [-0.2, 0) is 6.42 Å². The summed E-state index contributed by atoms with van der Waals surface area (Å²) in [6, 6.07) is 70.9. The lowest BCUT2D eigenvalue weighted by molar-refractivity contribution is 1.02. The second-order valence-corrected chi connectivity index (χ2v) is 16.9. The van der Waals surface area contributed by atoms with E-state index in [1.807, 2.05) is 22.7 Å². The van der Waals surface area contributed by atoms with Crippen LogP contribution in [0.4, 0.5) is 34.1 Å². The van der Waals surface area contributed by atoms with E-state index in [0.29, 0.717) is 0 Å². The molecule has 0 radical (unpaired) electrons. The van der Waals surface area contributed by atoms with Crippen LogP contribution in [0.25, 0.3) is 58.6 Å². The van der Waals surface area contributed by atoms with Crippen LogP contribution < -0.4 is 9.80 Å². The monoisotopic (exact) mass is 778 g/mol. The van der Waals surface area contributed by atoms with Crippen LogP contribution in [-0.4, -0.2) is 0 Å². The van der Waals surface area contributed by atoms with Crippen LogP contribution >= 0.6 is 22.7 Å². The standard InChI is InChI=1S/C54H38N2S2/c1-3-15-37(16-4-1)39-29-33-41(34-30-39)55(49-25-13-21-45-43-19-7-11-27-51(43)57-53(45)49)47-23-9-10-24-48(47)56(42-35-31-40(32-36-42)38-17-5-2-6-18-38)50-26-14-22-46-44-20-8-12-28-52(44)58-54(46)50/h1-11,13-27,29-36H,12,28H2. The predicted octanol–water partition coefficient (Wildman–Crippen LogP) is 16.5. The van der Waals surface area contributed by atoms with Gasteiger partial charge in [-0.2, -0.15) is 0 Å². The van der Waals surface area contributed by atoms with Crippen LogP contribution in [0.3, 0.4) is 0 Å². The first-order valence-corrected chi connectivity index (χ1v) is 21.5. The molecule has 0 fully saturated rings. The number of rotatable bonds is 8. The van der Waals surface area contributed by atoms with Crippen molar-refractivity contribution in [1.82, 2.24) is 0 Å². The minimum absolute atomic E-state index is 1.08. The van der Waals surface area contributed by atoms with Crippen LogP contribution in [0.2, 0.25) is 0 Å². The molecule has 0 saturated carbocycles. The Morgan fingerprint density at radius 2 is 0.828 bits per heavy atom. The van der Waals surface area contributed by atoms with Crippen molar-refractivity contribution in [3.05, 3.63) is 211 Å². The van der Waals surface area contributed by atoms with E-state index in [1.54, 1.807) is 0 Å². The van der Waals surface area contributed by atoms with Crippen LogP contribution in [0.1, 0.15) is 16.9 Å². The number of benzene rings is 8. The number of hydrogen-bond donors (Lipinski definition) is 0. The van der Waals surface area contributed by atoms with E-state index in [1.165, 1.54) is 68.6 Å². The lowest BCUT2D eigenvalue weighted by atomic mass is 10.0. The fourth-order valence-corrected chi connectivity index (χ4v) is 11.1. The summed E-state index contributed by atoms with van der Waals surface area (Å²) in [6.07, 6.45) is 6.83. The Morgan fingerprint density at radius 3 is 1.43 bits per heavy atom. The number of aryl methyl sites for hydroxylation is 1. The van der Waals surface area contributed by atoms with Gasteiger partial charge in [0.1, 0.15) is 0 Å². The maximum absolute atomic E-state index is 2.49. The van der Waals surface area contributed by atoms with Crippen molar-refractivity contribution in [2.24, 2.45) is 0 Å². The van der Waals surface area contributed by atoms with E-state index in [0.717, 1.165) is 41.3 Å². The Kier molecular flexibility index (Phi) is 8.72. The van der Waals surface area contributed by atoms with Crippen molar-refractivity contribution >= 4 is 93.1 Å². The molecule has 0 atom stereocenters. The average Bonchev–Trinajstić information content (AvgIpc) is 3.88. The van der Waals surface area contributed by atoms with Gasteiger partial charge >= 0.3 is 0 Å². The highest BCUT2D eigenvalue weighted by molar-refractivity contribution is 7.26. The molecule has 0 bridgehead atoms. The summed E-state index contributed by atoms with van der Waals surface area (Å²) in [6.45, 7) is 0. The predicted molar refractivity (Wildman–Crippen MR) is 252 cm³/mol.